The molecule has 0 saturated heterocycles. The fourth-order valence-corrected chi connectivity index (χ4v) is 2.91. The van der Waals surface area contributed by atoms with Crippen molar-refractivity contribution < 1.29 is 14.0 Å². The lowest BCUT2D eigenvalue weighted by Crippen LogP contribution is -2.15. The molecule has 11 heteroatoms. The first-order valence-electron chi connectivity index (χ1n) is 8.73. The van der Waals surface area contributed by atoms with Gasteiger partial charge in [0.1, 0.15) is 11.7 Å². The fourth-order valence-electron chi connectivity index (χ4n) is 2.84. The van der Waals surface area contributed by atoms with Crippen LogP contribution in [0.1, 0.15) is 10.4 Å². The molecule has 0 saturated carbocycles. The average Bonchev–Trinajstić information content (AvgIpc) is 3.36. The van der Waals surface area contributed by atoms with Gasteiger partial charge in [0, 0.05) is 24.5 Å². The van der Waals surface area contributed by atoms with Gasteiger partial charge in [-0.25, -0.2) is 8.91 Å². The van der Waals surface area contributed by atoms with Gasteiger partial charge in [-0.05, 0) is 18.2 Å². The van der Waals surface area contributed by atoms with E-state index in [9.17, 15) is 14.0 Å². The zero-order chi connectivity index (χ0) is 21.3. The fraction of sp³-hybridized carbons (Fsp3) is 0.105. The molecule has 0 fully saturated rings. The Morgan fingerprint density at radius 1 is 1.13 bits per heavy atom. The van der Waals surface area contributed by atoms with Crippen molar-refractivity contribution in [1.29, 1.82) is 0 Å². The molecule has 0 aliphatic heterocycles. The van der Waals surface area contributed by atoms with Crippen LogP contribution in [0.4, 0.5) is 15.8 Å². The quantitative estimate of drug-likeness (QED) is 0.476. The van der Waals surface area contributed by atoms with E-state index in [1.165, 1.54) is 29.0 Å². The summed E-state index contributed by atoms with van der Waals surface area (Å²) in [6, 6.07) is 3.81. The van der Waals surface area contributed by atoms with Crippen molar-refractivity contribution in [2.75, 3.05) is 16.5 Å². The van der Waals surface area contributed by atoms with Crippen molar-refractivity contribution >= 4 is 40.3 Å². The zero-order valence-electron chi connectivity index (χ0n) is 15.6. The number of fused-ring (bicyclic) bond motifs is 1. The van der Waals surface area contributed by atoms with Crippen LogP contribution >= 0.6 is 11.6 Å². The second-order valence-electron chi connectivity index (χ2n) is 6.39. The summed E-state index contributed by atoms with van der Waals surface area (Å²) in [5.74, 6) is -1.91. The van der Waals surface area contributed by atoms with Crippen LogP contribution in [0.15, 0.2) is 49.2 Å². The van der Waals surface area contributed by atoms with Crippen molar-refractivity contribution in [3.8, 4) is 11.3 Å². The molecule has 0 radical (unpaired) electrons. The molecule has 2 amide bonds. The molecule has 30 heavy (non-hydrogen) atoms. The number of halogens is 2. The third kappa shape index (κ3) is 3.85. The molecule has 0 atom stereocenters. The Bertz CT molecular complexity index is 1270. The lowest BCUT2D eigenvalue weighted by Gasteiger charge is -2.09. The summed E-state index contributed by atoms with van der Waals surface area (Å²) < 4.78 is 17.3. The second-order valence-corrected chi connectivity index (χ2v) is 6.66. The Morgan fingerprint density at radius 2 is 1.97 bits per heavy atom. The van der Waals surface area contributed by atoms with Gasteiger partial charge in [-0.3, -0.25) is 19.3 Å². The summed E-state index contributed by atoms with van der Waals surface area (Å²) in [5, 5.41) is 13.3. The van der Waals surface area contributed by atoms with Gasteiger partial charge in [-0.15, -0.1) is 11.6 Å². The Kier molecular flexibility index (Phi) is 5.15. The maximum atomic E-state index is 14.2. The number of amides is 2. The molecule has 0 aliphatic rings. The number of aryl methyl sites for hydroxylation is 1. The van der Waals surface area contributed by atoms with Crippen molar-refractivity contribution in [3.05, 3.63) is 60.6 Å². The minimum absolute atomic E-state index is 0.0911. The zero-order valence-corrected chi connectivity index (χ0v) is 16.4. The third-order valence-corrected chi connectivity index (χ3v) is 4.51. The molecule has 1 aromatic carbocycles. The second kappa shape index (κ2) is 7.91. The number of carbonyl (C=O) groups is 2. The van der Waals surface area contributed by atoms with E-state index in [4.69, 9.17) is 11.6 Å². The molecular weight excluding hydrogens is 413 g/mol. The summed E-state index contributed by atoms with van der Waals surface area (Å²) in [6.45, 7) is 0. The van der Waals surface area contributed by atoms with E-state index in [2.05, 4.69) is 25.8 Å². The number of nitrogens with zero attached hydrogens (tertiary/aromatic N) is 5. The van der Waals surface area contributed by atoms with Gasteiger partial charge in [0.05, 0.1) is 47.2 Å². The van der Waals surface area contributed by atoms with Crippen LogP contribution in [0, 0.1) is 5.82 Å². The highest BCUT2D eigenvalue weighted by molar-refractivity contribution is 6.29. The van der Waals surface area contributed by atoms with Crippen LogP contribution in [-0.2, 0) is 11.8 Å². The number of hydrogen-bond donors (Lipinski definition) is 2. The molecule has 2 N–H and O–H groups in total. The Morgan fingerprint density at radius 3 is 2.70 bits per heavy atom. The lowest BCUT2D eigenvalue weighted by atomic mass is 10.2. The largest absolute Gasteiger partial charge is 0.325 e. The van der Waals surface area contributed by atoms with Crippen LogP contribution in [0.3, 0.4) is 0 Å². The van der Waals surface area contributed by atoms with Crippen LogP contribution < -0.4 is 10.6 Å². The highest BCUT2D eigenvalue weighted by Crippen LogP contribution is 2.22. The number of aromatic nitrogens is 5. The monoisotopic (exact) mass is 427 g/mol. The number of alkyl halides is 1. The van der Waals surface area contributed by atoms with Crippen molar-refractivity contribution in [3.63, 3.8) is 0 Å². The predicted molar refractivity (Wildman–Crippen MR) is 109 cm³/mol. The maximum Gasteiger partial charge on any atom is 0.259 e. The summed E-state index contributed by atoms with van der Waals surface area (Å²) in [5.41, 5.74) is 2.33. The van der Waals surface area contributed by atoms with Gasteiger partial charge >= 0.3 is 0 Å². The highest BCUT2D eigenvalue weighted by atomic mass is 35.5. The van der Waals surface area contributed by atoms with Crippen molar-refractivity contribution in [2.24, 2.45) is 7.05 Å². The van der Waals surface area contributed by atoms with E-state index in [0.29, 0.717) is 16.9 Å². The first-order chi connectivity index (χ1) is 14.4. The third-order valence-electron chi connectivity index (χ3n) is 4.27. The van der Waals surface area contributed by atoms with Crippen LogP contribution in [0.2, 0.25) is 0 Å². The van der Waals surface area contributed by atoms with Crippen molar-refractivity contribution in [2.45, 2.75) is 0 Å². The molecule has 0 unspecified atom stereocenters. The number of hydrogen-bond acceptors (Lipinski definition) is 5. The minimum Gasteiger partial charge on any atom is -0.325 e. The number of anilines is 2. The molecule has 4 rings (SSSR count). The standard InChI is InChI=1S/C19H15ClFN7O2/c1-27-9-11(6-23-27)16-10-28-17(8-22-16)13(7-24-28)19(30)26-15-4-12(2-3-14(15)21)25-18(29)5-20/h2-4,6-10H,5H2,1H3,(H,25,29)(H,26,30). The van der Waals surface area contributed by atoms with Gasteiger partial charge in [0.15, 0.2) is 0 Å². The molecule has 0 aliphatic carbocycles. The SMILES string of the molecule is Cn1cc(-c2cn3ncc(C(=O)Nc4cc(NC(=O)CCl)ccc4F)c3cn2)cn1. The Hall–Kier alpha value is -3.79. The Labute approximate surface area is 174 Å². The van der Waals surface area contributed by atoms with E-state index in [1.54, 1.807) is 24.1 Å². The molecule has 4 aromatic rings. The number of nitrogens with one attached hydrogen (secondary N) is 2. The van der Waals surface area contributed by atoms with E-state index in [1.807, 2.05) is 6.20 Å². The van der Waals surface area contributed by atoms with Gasteiger partial charge in [-0.1, -0.05) is 0 Å². The van der Waals surface area contributed by atoms with Crippen LogP contribution in [0.25, 0.3) is 16.8 Å². The molecule has 3 aromatic heterocycles. The lowest BCUT2D eigenvalue weighted by molar-refractivity contribution is -0.113. The molecule has 0 bridgehead atoms. The molecular formula is C19H15ClFN7O2. The molecule has 3 heterocycles. The van der Waals surface area contributed by atoms with E-state index >= 15 is 0 Å². The van der Waals surface area contributed by atoms with E-state index in [0.717, 1.165) is 11.6 Å². The first-order valence-corrected chi connectivity index (χ1v) is 9.27. The van der Waals surface area contributed by atoms with Crippen LogP contribution in [0.5, 0.6) is 0 Å². The molecule has 0 spiro atoms. The highest BCUT2D eigenvalue weighted by Gasteiger charge is 2.16. The predicted octanol–water partition coefficient (Wildman–Crippen LogP) is 2.70. The maximum absolute atomic E-state index is 14.2. The first kappa shape index (κ1) is 19.5. The summed E-state index contributed by atoms with van der Waals surface area (Å²) in [4.78, 5) is 28.5. The smallest absolute Gasteiger partial charge is 0.259 e. The van der Waals surface area contributed by atoms with E-state index in [-0.39, 0.29) is 17.1 Å². The summed E-state index contributed by atoms with van der Waals surface area (Å²) in [7, 11) is 1.80. The van der Waals surface area contributed by atoms with Gasteiger partial charge in [-0.2, -0.15) is 10.2 Å². The number of carbonyl (C=O) groups excluding carboxylic acids is 2. The minimum atomic E-state index is -0.652. The average molecular weight is 428 g/mol. The normalized spacial score (nSPS) is 10.9. The van der Waals surface area contributed by atoms with Crippen LogP contribution in [-0.4, -0.2) is 42.1 Å². The topological polar surface area (TPSA) is 106 Å². The van der Waals surface area contributed by atoms with Crippen molar-refractivity contribution in [1.82, 2.24) is 24.4 Å². The van der Waals surface area contributed by atoms with Gasteiger partial charge < -0.3 is 10.6 Å². The van der Waals surface area contributed by atoms with Gasteiger partial charge in [0.25, 0.3) is 5.91 Å². The summed E-state index contributed by atoms with van der Waals surface area (Å²) in [6.07, 6.45) is 8.04. The molecule has 152 valence electrons. The Balaban J connectivity index is 1.59. The number of rotatable bonds is 5. The van der Waals surface area contributed by atoms with Gasteiger partial charge in [0.2, 0.25) is 5.91 Å². The van der Waals surface area contributed by atoms with E-state index < -0.39 is 17.6 Å². The summed E-state index contributed by atoms with van der Waals surface area (Å²) >= 11 is 5.46. The number of benzene rings is 1. The molecule has 9 nitrogen and oxygen atoms in total.